The number of benzene rings is 1. The summed E-state index contributed by atoms with van der Waals surface area (Å²) >= 11 is 5.85. The first kappa shape index (κ1) is 19.6. The van der Waals surface area contributed by atoms with Crippen molar-refractivity contribution in [3.05, 3.63) is 46.7 Å². The van der Waals surface area contributed by atoms with Crippen LogP contribution in [-0.2, 0) is 6.54 Å². The minimum Gasteiger partial charge on any atom is -0.423 e. The molecule has 0 radical (unpaired) electrons. The lowest BCUT2D eigenvalue weighted by Gasteiger charge is -2.17. The first-order valence-corrected chi connectivity index (χ1v) is 8.87. The van der Waals surface area contributed by atoms with Crippen LogP contribution in [0, 0.1) is 5.92 Å². The lowest BCUT2D eigenvalue weighted by Crippen LogP contribution is -2.40. The summed E-state index contributed by atoms with van der Waals surface area (Å²) in [6.07, 6.45) is 4.13. The molecule has 0 spiro atoms. The summed E-state index contributed by atoms with van der Waals surface area (Å²) in [6, 6.07) is 3.60. The van der Waals surface area contributed by atoms with Crippen LogP contribution >= 0.6 is 11.6 Å². The maximum Gasteiger partial charge on any atom is 0.489 e. The van der Waals surface area contributed by atoms with Gasteiger partial charge in [-0.3, -0.25) is 14.3 Å². The molecule has 1 saturated carbocycles. The lowest BCUT2D eigenvalue weighted by molar-refractivity contribution is 0.0872. The van der Waals surface area contributed by atoms with Crippen LogP contribution in [0.15, 0.2) is 30.6 Å². The summed E-state index contributed by atoms with van der Waals surface area (Å²) in [5, 5.41) is 36.2. The van der Waals surface area contributed by atoms with Crippen LogP contribution < -0.4 is 10.8 Å². The zero-order valence-corrected chi connectivity index (χ0v) is 15.1. The molecule has 3 rings (SSSR count). The Morgan fingerprint density at radius 2 is 2.19 bits per heavy atom. The third-order valence-electron chi connectivity index (χ3n) is 4.74. The van der Waals surface area contributed by atoms with Crippen molar-refractivity contribution in [2.45, 2.75) is 31.5 Å². The van der Waals surface area contributed by atoms with Crippen LogP contribution in [0.4, 0.5) is 0 Å². The van der Waals surface area contributed by atoms with Gasteiger partial charge in [0.2, 0.25) is 0 Å². The molecule has 27 heavy (non-hydrogen) atoms. The number of aromatic nitrogens is 2. The van der Waals surface area contributed by atoms with E-state index in [9.17, 15) is 24.7 Å². The van der Waals surface area contributed by atoms with Crippen molar-refractivity contribution in [1.82, 2.24) is 15.1 Å². The fourth-order valence-electron chi connectivity index (χ4n) is 3.43. The number of rotatable bonds is 6. The van der Waals surface area contributed by atoms with Crippen LogP contribution in [0.3, 0.4) is 0 Å². The number of amides is 1. The number of carbonyl (C=O) groups excluding carboxylic acids is 2. The van der Waals surface area contributed by atoms with Gasteiger partial charge in [-0.15, -0.1) is 0 Å². The van der Waals surface area contributed by atoms with Crippen molar-refractivity contribution in [2.75, 3.05) is 0 Å². The molecule has 3 atom stereocenters. The van der Waals surface area contributed by atoms with Gasteiger partial charge >= 0.3 is 7.12 Å². The van der Waals surface area contributed by atoms with Crippen molar-refractivity contribution in [3.63, 3.8) is 0 Å². The smallest absolute Gasteiger partial charge is 0.423 e. The average molecular weight is 392 g/mol. The molecule has 0 aliphatic heterocycles. The van der Waals surface area contributed by atoms with E-state index in [1.165, 1.54) is 18.2 Å². The first-order chi connectivity index (χ1) is 12.9. The Morgan fingerprint density at radius 1 is 1.41 bits per heavy atom. The molecule has 0 saturated heterocycles. The molecule has 1 unspecified atom stereocenters. The van der Waals surface area contributed by atoms with Gasteiger partial charge < -0.3 is 20.5 Å². The lowest BCUT2D eigenvalue weighted by atomic mass is 9.77. The molecule has 8 nitrogen and oxygen atoms in total. The number of aliphatic hydroxyl groups excluding tert-OH is 1. The molecule has 142 valence electrons. The van der Waals surface area contributed by atoms with Crippen LogP contribution in [-0.4, -0.2) is 56.4 Å². The maximum absolute atomic E-state index is 12.5. The molecule has 1 heterocycles. The Balaban J connectivity index is 1.64. The quantitative estimate of drug-likeness (QED) is 0.392. The number of aliphatic hydroxyl groups is 1. The number of nitrogens with one attached hydrogen (secondary N) is 1. The molecule has 10 heteroatoms. The molecule has 1 aromatic carbocycles. The van der Waals surface area contributed by atoms with Gasteiger partial charge in [0.05, 0.1) is 23.4 Å². The van der Waals surface area contributed by atoms with Crippen LogP contribution in [0.2, 0.25) is 5.02 Å². The molecule has 4 N–H and O–H groups in total. The van der Waals surface area contributed by atoms with Crippen molar-refractivity contribution in [2.24, 2.45) is 5.92 Å². The van der Waals surface area contributed by atoms with Crippen molar-refractivity contribution >= 4 is 36.4 Å². The molecule has 1 aliphatic carbocycles. The largest absolute Gasteiger partial charge is 0.489 e. The van der Waals surface area contributed by atoms with E-state index < -0.39 is 25.2 Å². The zero-order valence-electron chi connectivity index (χ0n) is 14.3. The Kier molecular flexibility index (Phi) is 5.96. The number of nitrogens with zero attached hydrogens (tertiary/aromatic N) is 2. The Bertz CT molecular complexity index is 844. The third-order valence-corrected chi connectivity index (χ3v) is 4.94. The van der Waals surface area contributed by atoms with E-state index in [4.69, 9.17) is 11.6 Å². The minimum absolute atomic E-state index is 0.0260. The molecular weight excluding hydrogens is 372 g/mol. The fraction of sp³-hybridized carbons (Fsp3) is 0.353. The second kappa shape index (κ2) is 8.22. The number of carbonyl (C=O) groups is 2. The van der Waals surface area contributed by atoms with Gasteiger partial charge in [0.25, 0.3) is 5.91 Å². The molecule has 1 fully saturated rings. The minimum atomic E-state index is -1.80. The van der Waals surface area contributed by atoms with Crippen LogP contribution in [0.1, 0.15) is 33.6 Å². The van der Waals surface area contributed by atoms with Gasteiger partial charge in [-0.25, -0.2) is 0 Å². The maximum atomic E-state index is 12.5. The predicted molar refractivity (Wildman–Crippen MR) is 98.9 cm³/mol. The highest BCUT2D eigenvalue weighted by atomic mass is 35.5. The molecule has 2 aromatic rings. The van der Waals surface area contributed by atoms with E-state index in [1.807, 2.05) is 0 Å². The van der Waals surface area contributed by atoms with E-state index in [0.717, 1.165) is 0 Å². The second-order valence-electron chi connectivity index (χ2n) is 6.70. The van der Waals surface area contributed by atoms with E-state index >= 15 is 0 Å². The summed E-state index contributed by atoms with van der Waals surface area (Å²) in [7, 11) is -1.80. The van der Waals surface area contributed by atoms with Gasteiger partial charge in [0.1, 0.15) is 6.29 Å². The van der Waals surface area contributed by atoms with E-state index in [1.54, 1.807) is 17.1 Å². The summed E-state index contributed by atoms with van der Waals surface area (Å²) in [4.78, 5) is 23.6. The van der Waals surface area contributed by atoms with Crippen LogP contribution in [0.25, 0.3) is 0 Å². The highest BCUT2D eigenvalue weighted by Gasteiger charge is 2.34. The van der Waals surface area contributed by atoms with E-state index in [2.05, 4.69) is 10.4 Å². The molecule has 1 aliphatic rings. The number of hydrogen-bond donors (Lipinski definition) is 4. The summed E-state index contributed by atoms with van der Waals surface area (Å²) in [5.74, 6) is -0.303. The number of halogens is 1. The summed E-state index contributed by atoms with van der Waals surface area (Å²) < 4.78 is 1.71. The molecular formula is C17H19BClN3O5. The van der Waals surface area contributed by atoms with Gasteiger partial charge in [-0.05, 0) is 36.4 Å². The van der Waals surface area contributed by atoms with Gasteiger partial charge in [-0.2, -0.15) is 5.10 Å². The van der Waals surface area contributed by atoms with Gasteiger partial charge in [0, 0.05) is 23.9 Å². The van der Waals surface area contributed by atoms with Gasteiger partial charge in [0.15, 0.2) is 0 Å². The topological polar surface area (TPSA) is 125 Å². The van der Waals surface area contributed by atoms with Gasteiger partial charge in [-0.1, -0.05) is 17.7 Å². The Labute approximate surface area is 160 Å². The Morgan fingerprint density at radius 3 is 2.81 bits per heavy atom. The molecule has 0 bridgehead atoms. The zero-order chi connectivity index (χ0) is 19.6. The predicted octanol–water partition coefficient (Wildman–Crippen LogP) is -0.402. The van der Waals surface area contributed by atoms with Crippen molar-refractivity contribution in [1.29, 1.82) is 0 Å². The summed E-state index contributed by atoms with van der Waals surface area (Å²) in [6.45, 7) is 0.592. The number of hydrogen-bond acceptors (Lipinski definition) is 6. The van der Waals surface area contributed by atoms with Crippen molar-refractivity contribution in [3.8, 4) is 0 Å². The first-order valence-electron chi connectivity index (χ1n) is 8.49. The molecule has 1 aromatic heterocycles. The third kappa shape index (κ3) is 4.56. The SMILES string of the molecule is O=Cc1cc(C(=O)N[C@@H]2CC(Cn3cc(Cl)cn3)C[C@H]2O)ccc1B(O)O. The van der Waals surface area contributed by atoms with E-state index in [0.29, 0.717) is 30.7 Å². The van der Waals surface area contributed by atoms with E-state index in [-0.39, 0.29) is 22.5 Å². The second-order valence-corrected chi connectivity index (χ2v) is 7.14. The Hall–Kier alpha value is -2.20. The highest BCUT2D eigenvalue weighted by Crippen LogP contribution is 2.28. The normalized spacial score (nSPS) is 21.9. The standard InChI is InChI=1S/C17H19BClN3O5/c19-13-6-20-22(8-13)7-10-3-15(16(24)4-10)21-17(25)11-1-2-14(18(26)27)12(5-11)9-23/h1-2,5-6,8-10,15-16,24,26-27H,3-4,7H2,(H,21,25)/t10?,15-,16-/m1/s1. The molecule has 1 amide bonds. The van der Waals surface area contributed by atoms with Crippen molar-refractivity contribution < 1.29 is 24.7 Å². The number of aldehydes is 1. The summed E-state index contributed by atoms with van der Waals surface area (Å²) in [5.41, 5.74) is 0.259. The highest BCUT2D eigenvalue weighted by molar-refractivity contribution is 6.60. The monoisotopic (exact) mass is 391 g/mol. The average Bonchev–Trinajstić information content (AvgIpc) is 3.19. The fourth-order valence-corrected chi connectivity index (χ4v) is 3.59. The van der Waals surface area contributed by atoms with Crippen LogP contribution in [0.5, 0.6) is 0 Å².